The van der Waals surface area contributed by atoms with Crippen LogP contribution in [0.25, 0.3) is 5.78 Å². The first-order chi connectivity index (χ1) is 20.5. The quantitative estimate of drug-likeness (QED) is 0.531. The summed E-state index contributed by atoms with van der Waals surface area (Å²) in [7, 11) is 0. The number of piperazine rings is 1. The van der Waals surface area contributed by atoms with E-state index in [0.29, 0.717) is 37.7 Å². The number of nitrogens with zero attached hydrogens (tertiary/aromatic N) is 6. The molecule has 0 aromatic carbocycles. The molecule has 1 aliphatic carbocycles. The zero-order valence-corrected chi connectivity index (χ0v) is 26.0. The summed E-state index contributed by atoms with van der Waals surface area (Å²) in [5.74, 6) is -0.549. The van der Waals surface area contributed by atoms with Crippen LogP contribution < -0.4 is 10.2 Å². The molecule has 3 saturated heterocycles. The van der Waals surface area contributed by atoms with E-state index in [-0.39, 0.29) is 48.2 Å². The number of hydrogen-bond donors (Lipinski definition) is 1. The number of carbonyl (C=O) groups excluding carboxylic acids is 2. The molecule has 1 saturated carbocycles. The second-order valence-corrected chi connectivity index (χ2v) is 13.1. The number of fused-ring (bicyclic) bond motifs is 2. The van der Waals surface area contributed by atoms with Crippen molar-refractivity contribution < 1.29 is 23.1 Å². The van der Waals surface area contributed by atoms with E-state index in [1.807, 2.05) is 20.0 Å². The fourth-order valence-electron chi connectivity index (χ4n) is 6.47. The van der Waals surface area contributed by atoms with E-state index >= 15 is 0 Å². The molecular formula is C31H47F2N7O3. The van der Waals surface area contributed by atoms with E-state index in [2.05, 4.69) is 22.0 Å². The largest absolute Gasteiger partial charge is 0.378 e. The number of aromatic nitrogens is 4. The van der Waals surface area contributed by atoms with E-state index in [0.717, 1.165) is 69.4 Å². The molecule has 0 spiro atoms. The van der Waals surface area contributed by atoms with E-state index in [4.69, 9.17) is 19.8 Å². The number of rotatable bonds is 6. The molecule has 2 aromatic rings. The number of amides is 1. The van der Waals surface area contributed by atoms with Crippen molar-refractivity contribution in [2.24, 2.45) is 17.8 Å². The topological polar surface area (TPSA) is 105 Å². The van der Waals surface area contributed by atoms with Gasteiger partial charge in [0.05, 0.1) is 31.1 Å². The normalized spacial score (nSPS) is 25.6. The number of nitrogens with one attached hydrogen (secondary N) is 1. The predicted octanol–water partition coefficient (Wildman–Crippen LogP) is 3.87. The predicted molar refractivity (Wildman–Crippen MR) is 159 cm³/mol. The van der Waals surface area contributed by atoms with Gasteiger partial charge in [-0.25, -0.2) is 18.3 Å². The van der Waals surface area contributed by atoms with Gasteiger partial charge in [0.25, 0.3) is 5.78 Å². The third-order valence-corrected chi connectivity index (χ3v) is 9.71. The first kappa shape index (κ1) is 31.7. The number of halogens is 2. The van der Waals surface area contributed by atoms with Crippen LogP contribution in [-0.4, -0.2) is 94.1 Å². The molecule has 12 heteroatoms. The molecule has 3 unspecified atom stereocenters. The Hall–Kier alpha value is -2.73. The Bertz CT molecular complexity index is 1280. The number of hydrogen-bond acceptors (Lipinski definition) is 8. The molecule has 0 bridgehead atoms. The first-order valence-corrected chi connectivity index (χ1v) is 16.0. The van der Waals surface area contributed by atoms with Crippen molar-refractivity contribution in [3.63, 3.8) is 0 Å². The molecule has 3 atom stereocenters. The Balaban J connectivity index is 0.000000559. The van der Waals surface area contributed by atoms with Crippen molar-refractivity contribution >= 4 is 23.3 Å². The van der Waals surface area contributed by atoms with Crippen LogP contribution in [0.4, 0.5) is 14.6 Å². The van der Waals surface area contributed by atoms with Crippen molar-refractivity contribution in [2.45, 2.75) is 90.5 Å². The highest BCUT2D eigenvalue weighted by atomic mass is 19.3. The summed E-state index contributed by atoms with van der Waals surface area (Å²) in [6, 6.07) is 0.311. The molecule has 6 rings (SSSR count). The summed E-state index contributed by atoms with van der Waals surface area (Å²) >= 11 is 0. The van der Waals surface area contributed by atoms with Crippen LogP contribution in [0.1, 0.15) is 83.5 Å². The van der Waals surface area contributed by atoms with Gasteiger partial charge in [0.1, 0.15) is 11.5 Å². The van der Waals surface area contributed by atoms with Gasteiger partial charge in [0.15, 0.2) is 5.82 Å². The lowest BCUT2D eigenvalue weighted by atomic mass is 9.78. The molecule has 1 N–H and O–H groups in total. The first-order valence-electron chi connectivity index (χ1n) is 16.0. The molecule has 3 aliphatic heterocycles. The fourth-order valence-corrected chi connectivity index (χ4v) is 6.47. The standard InChI is InChI=1S/C26H37F2N7O2.C5H10O/c1-17(18-4-6-26(27,28)7-5-18)22-15-35-25(30-22)31-23(21(32-35)13-19-3-2-8-29-24(19)36)34-10-9-33-11-12-37-16-20(33)14-34;1-4(2)5(3)6/h15,17-20H,2-14,16H2,1H3,(H,29,36);4H,1-3H3. The van der Waals surface area contributed by atoms with Crippen LogP contribution in [0.2, 0.25) is 0 Å². The summed E-state index contributed by atoms with van der Waals surface area (Å²) in [6.45, 7) is 13.2. The SMILES string of the molecule is CC(=O)C(C)C.CC(c1cn2nc(CC3CCCNC3=O)c(N3CCN4CCOCC4C3)nc2n1)C1CCC(F)(F)CC1. The van der Waals surface area contributed by atoms with Crippen LogP contribution in [0, 0.1) is 17.8 Å². The van der Waals surface area contributed by atoms with Crippen molar-refractivity contribution in [3.05, 3.63) is 17.6 Å². The fraction of sp³-hybridized carbons (Fsp3) is 0.774. The molecule has 238 valence electrons. The second kappa shape index (κ2) is 13.5. The monoisotopic (exact) mass is 603 g/mol. The highest BCUT2D eigenvalue weighted by Crippen LogP contribution is 2.42. The number of morpholine rings is 1. The van der Waals surface area contributed by atoms with Crippen LogP contribution in [0.5, 0.6) is 0 Å². The number of ketones is 1. The smallest absolute Gasteiger partial charge is 0.252 e. The lowest BCUT2D eigenvalue weighted by Crippen LogP contribution is -2.58. The third kappa shape index (κ3) is 7.68. The molecule has 2 aromatic heterocycles. The lowest BCUT2D eigenvalue weighted by Gasteiger charge is -2.44. The van der Waals surface area contributed by atoms with E-state index < -0.39 is 5.92 Å². The van der Waals surface area contributed by atoms with Gasteiger partial charge in [-0.1, -0.05) is 20.8 Å². The average molecular weight is 604 g/mol. The Labute approximate surface area is 252 Å². The number of Topliss-reactive ketones (excluding diaryl/α,β-unsaturated/α-hetero) is 1. The molecule has 5 heterocycles. The van der Waals surface area contributed by atoms with Crippen LogP contribution in [0.15, 0.2) is 6.20 Å². The second-order valence-electron chi connectivity index (χ2n) is 13.1. The molecule has 4 aliphatic rings. The highest BCUT2D eigenvalue weighted by molar-refractivity contribution is 5.79. The number of piperidine rings is 1. The highest BCUT2D eigenvalue weighted by Gasteiger charge is 2.38. The number of anilines is 1. The van der Waals surface area contributed by atoms with E-state index in [9.17, 15) is 18.4 Å². The molecule has 0 radical (unpaired) electrons. The minimum atomic E-state index is -2.54. The Kier molecular flexibility index (Phi) is 9.95. The molecule has 4 fully saturated rings. The minimum absolute atomic E-state index is 0.0542. The summed E-state index contributed by atoms with van der Waals surface area (Å²) in [4.78, 5) is 37.3. The van der Waals surface area contributed by atoms with Crippen molar-refractivity contribution in [1.82, 2.24) is 29.8 Å². The molecule has 1 amide bonds. The zero-order chi connectivity index (χ0) is 30.7. The lowest BCUT2D eigenvalue weighted by molar-refractivity contribution is -0.126. The van der Waals surface area contributed by atoms with Crippen LogP contribution in [0.3, 0.4) is 0 Å². The average Bonchev–Trinajstić information content (AvgIpc) is 3.41. The van der Waals surface area contributed by atoms with Crippen molar-refractivity contribution in [1.29, 1.82) is 0 Å². The van der Waals surface area contributed by atoms with Crippen LogP contribution >= 0.6 is 0 Å². The number of alkyl halides is 2. The molecular weight excluding hydrogens is 556 g/mol. The van der Waals surface area contributed by atoms with E-state index in [1.165, 1.54) is 0 Å². The Morgan fingerprint density at radius 2 is 1.88 bits per heavy atom. The maximum Gasteiger partial charge on any atom is 0.252 e. The molecule has 10 nitrogen and oxygen atoms in total. The van der Waals surface area contributed by atoms with E-state index in [1.54, 1.807) is 11.4 Å². The van der Waals surface area contributed by atoms with Gasteiger partial charge in [0.2, 0.25) is 11.8 Å². The molecule has 43 heavy (non-hydrogen) atoms. The van der Waals surface area contributed by atoms with Gasteiger partial charge < -0.3 is 15.0 Å². The van der Waals surface area contributed by atoms with Gasteiger partial charge in [-0.3, -0.25) is 14.5 Å². The summed E-state index contributed by atoms with van der Waals surface area (Å²) in [5, 5.41) is 7.95. The summed E-state index contributed by atoms with van der Waals surface area (Å²) in [5.41, 5.74) is 1.66. The minimum Gasteiger partial charge on any atom is -0.378 e. The van der Waals surface area contributed by atoms with Crippen LogP contribution in [-0.2, 0) is 20.7 Å². The summed E-state index contributed by atoms with van der Waals surface area (Å²) in [6.07, 6.45) is 5.14. The van der Waals surface area contributed by atoms with Gasteiger partial charge >= 0.3 is 0 Å². The van der Waals surface area contributed by atoms with Gasteiger partial charge in [-0.15, -0.1) is 0 Å². The number of ether oxygens (including phenoxy) is 1. The van der Waals surface area contributed by atoms with Gasteiger partial charge in [-0.05, 0) is 38.5 Å². The Morgan fingerprint density at radius 1 is 1.14 bits per heavy atom. The maximum absolute atomic E-state index is 13.7. The third-order valence-electron chi connectivity index (χ3n) is 9.71. The number of carbonyl (C=O) groups is 2. The van der Waals surface area contributed by atoms with Crippen molar-refractivity contribution in [2.75, 3.05) is 50.8 Å². The number of imidazole rings is 1. The Morgan fingerprint density at radius 3 is 2.58 bits per heavy atom. The van der Waals surface area contributed by atoms with Gasteiger partial charge in [0, 0.05) is 69.7 Å². The van der Waals surface area contributed by atoms with Crippen molar-refractivity contribution in [3.8, 4) is 0 Å². The maximum atomic E-state index is 13.7. The zero-order valence-electron chi connectivity index (χ0n) is 26.0. The summed E-state index contributed by atoms with van der Waals surface area (Å²) < 4.78 is 34.9. The van der Waals surface area contributed by atoms with Gasteiger partial charge in [-0.2, -0.15) is 10.1 Å².